The molecule has 1 aromatic heterocycles. The molecule has 1 aliphatic rings. The summed E-state index contributed by atoms with van der Waals surface area (Å²) in [5.41, 5.74) is 2.81. The number of aryl methyl sites for hydroxylation is 1. The molecule has 1 fully saturated rings. The Kier molecular flexibility index (Phi) is 9.37. The summed E-state index contributed by atoms with van der Waals surface area (Å²) in [6, 6.07) is 22.6. The number of nitrogens with one attached hydrogen (secondary N) is 1. The third-order valence-electron chi connectivity index (χ3n) is 7.23. The number of rotatable bonds is 8. The number of alkyl halides is 3. The normalized spacial score (nSPS) is 14.1. The van der Waals surface area contributed by atoms with Crippen molar-refractivity contribution in [1.82, 2.24) is 14.8 Å². The summed E-state index contributed by atoms with van der Waals surface area (Å²) in [4.78, 5) is 35.5. The van der Waals surface area contributed by atoms with E-state index in [0.29, 0.717) is 18.0 Å². The Hall–Kier alpha value is -5.34. The molecule has 2 heterocycles. The van der Waals surface area contributed by atoms with E-state index in [1.165, 1.54) is 40.2 Å². The summed E-state index contributed by atoms with van der Waals surface area (Å²) in [5, 5.41) is 6.79. The molecule has 0 aliphatic carbocycles. The van der Waals surface area contributed by atoms with E-state index in [4.69, 9.17) is 4.74 Å². The lowest BCUT2D eigenvalue weighted by molar-refractivity contribution is -0.137. The minimum absolute atomic E-state index is 0.0690. The highest BCUT2D eigenvalue weighted by Gasteiger charge is 2.32. The van der Waals surface area contributed by atoms with Crippen LogP contribution >= 0.6 is 11.8 Å². The van der Waals surface area contributed by atoms with Crippen molar-refractivity contribution < 1.29 is 31.9 Å². The third kappa shape index (κ3) is 7.45. The molecule has 9 nitrogen and oxygen atoms in total. The molecule has 0 unspecified atom stereocenters. The van der Waals surface area contributed by atoms with Crippen molar-refractivity contribution in [2.24, 2.45) is 4.99 Å². The van der Waals surface area contributed by atoms with E-state index in [1.54, 1.807) is 0 Å². The number of hydrogen-bond acceptors (Lipinski definition) is 6. The number of hydrogen-bond donors (Lipinski definition) is 1. The first-order chi connectivity index (χ1) is 23.0. The molecule has 1 aliphatic heterocycles. The molecule has 48 heavy (non-hydrogen) atoms. The van der Waals surface area contributed by atoms with Gasteiger partial charge in [0, 0.05) is 11.1 Å². The van der Waals surface area contributed by atoms with Crippen molar-refractivity contribution in [2.75, 3.05) is 16.0 Å². The average molecular weight is 675 g/mol. The van der Waals surface area contributed by atoms with Crippen LogP contribution < -0.4 is 10.2 Å². The van der Waals surface area contributed by atoms with Crippen molar-refractivity contribution in [3.8, 4) is 17.1 Å². The SMILES string of the molecule is Cc1ccc(COCc2ccccc2)c(N2C(=O)CSC2=NC(=O)Nc2ccc(-c3ncn(-c4ccc(C(F)(F)F)cc4)n3)cc2F)c1. The van der Waals surface area contributed by atoms with Gasteiger partial charge < -0.3 is 10.1 Å². The summed E-state index contributed by atoms with van der Waals surface area (Å²) in [6.45, 7) is 2.48. The smallest absolute Gasteiger partial charge is 0.372 e. The van der Waals surface area contributed by atoms with Crippen LogP contribution in [0.15, 0.2) is 102 Å². The van der Waals surface area contributed by atoms with Gasteiger partial charge in [-0.3, -0.25) is 9.69 Å². The molecule has 14 heteroatoms. The first-order valence-electron chi connectivity index (χ1n) is 14.5. The van der Waals surface area contributed by atoms with Gasteiger partial charge in [-0.2, -0.15) is 18.2 Å². The number of carbonyl (C=O) groups excluding carboxylic acids is 2. The molecule has 4 aromatic carbocycles. The van der Waals surface area contributed by atoms with Gasteiger partial charge in [0.15, 0.2) is 11.0 Å². The molecule has 0 saturated carbocycles. The van der Waals surface area contributed by atoms with Crippen LogP contribution in [0.2, 0.25) is 0 Å². The highest BCUT2D eigenvalue weighted by molar-refractivity contribution is 8.15. The summed E-state index contributed by atoms with van der Waals surface area (Å²) in [7, 11) is 0. The molecule has 0 spiro atoms. The van der Waals surface area contributed by atoms with E-state index in [-0.39, 0.29) is 40.5 Å². The van der Waals surface area contributed by atoms with Crippen molar-refractivity contribution >= 4 is 40.2 Å². The Morgan fingerprint density at radius 2 is 1.77 bits per heavy atom. The fourth-order valence-electron chi connectivity index (χ4n) is 4.85. The van der Waals surface area contributed by atoms with Gasteiger partial charge in [0.25, 0.3) is 0 Å². The summed E-state index contributed by atoms with van der Waals surface area (Å²) < 4.78 is 61.0. The van der Waals surface area contributed by atoms with E-state index in [9.17, 15) is 22.8 Å². The average Bonchev–Trinajstić information content (AvgIpc) is 3.70. The van der Waals surface area contributed by atoms with Gasteiger partial charge in [0.05, 0.1) is 41.6 Å². The molecule has 1 saturated heterocycles. The number of anilines is 2. The van der Waals surface area contributed by atoms with E-state index in [2.05, 4.69) is 20.4 Å². The predicted molar refractivity (Wildman–Crippen MR) is 174 cm³/mol. The number of halogens is 4. The Morgan fingerprint density at radius 1 is 1.00 bits per heavy atom. The van der Waals surface area contributed by atoms with Gasteiger partial charge in [-0.25, -0.2) is 18.9 Å². The summed E-state index contributed by atoms with van der Waals surface area (Å²) >= 11 is 1.09. The summed E-state index contributed by atoms with van der Waals surface area (Å²) in [5.74, 6) is -0.875. The monoisotopic (exact) mass is 674 g/mol. The van der Waals surface area contributed by atoms with Gasteiger partial charge in [0.1, 0.15) is 12.1 Å². The van der Waals surface area contributed by atoms with E-state index in [0.717, 1.165) is 46.7 Å². The Morgan fingerprint density at radius 3 is 2.50 bits per heavy atom. The van der Waals surface area contributed by atoms with Crippen LogP contribution in [-0.2, 0) is 28.9 Å². The van der Waals surface area contributed by atoms with Crippen molar-refractivity contribution in [3.05, 3.63) is 125 Å². The zero-order valence-corrected chi connectivity index (χ0v) is 26.1. The molecule has 1 N–H and O–H groups in total. The van der Waals surface area contributed by atoms with E-state index < -0.39 is 23.6 Å². The largest absolute Gasteiger partial charge is 0.416 e. The number of aliphatic imine (C=N–C) groups is 1. The number of amidine groups is 1. The van der Waals surface area contributed by atoms with Crippen LogP contribution in [-0.4, -0.2) is 37.6 Å². The first kappa shape index (κ1) is 32.6. The topological polar surface area (TPSA) is 102 Å². The van der Waals surface area contributed by atoms with Crippen molar-refractivity contribution in [3.63, 3.8) is 0 Å². The standard InChI is InChI=1S/C34H26F4N6O3S/c1-21-7-8-24(18-47-17-22-5-3-2-4-6-22)29(15-21)44-30(45)19-48-33(44)41-32(46)40-28-14-9-23(16-27(28)35)31-39-20-43(42-31)26-12-10-25(11-13-26)34(36,37)38/h2-16,20H,17-19H2,1H3,(H,40,46). The number of amides is 3. The number of benzene rings is 4. The highest BCUT2D eigenvalue weighted by Crippen LogP contribution is 2.32. The second-order valence-electron chi connectivity index (χ2n) is 10.7. The molecule has 3 amide bonds. The van der Waals surface area contributed by atoms with Crippen molar-refractivity contribution in [2.45, 2.75) is 26.3 Å². The van der Waals surface area contributed by atoms with Crippen LogP contribution in [0, 0.1) is 12.7 Å². The van der Waals surface area contributed by atoms with Gasteiger partial charge in [-0.15, -0.1) is 5.10 Å². The minimum atomic E-state index is -4.47. The molecule has 5 aromatic rings. The Balaban J connectivity index is 1.15. The third-order valence-corrected chi connectivity index (χ3v) is 8.16. The van der Waals surface area contributed by atoms with Crippen LogP contribution in [0.4, 0.5) is 33.7 Å². The Labute approximate surface area is 276 Å². The zero-order chi connectivity index (χ0) is 33.8. The minimum Gasteiger partial charge on any atom is -0.372 e. The number of carbonyl (C=O) groups is 2. The van der Waals surface area contributed by atoms with E-state index >= 15 is 4.39 Å². The fourth-order valence-corrected chi connectivity index (χ4v) is 5.71. The second-order valence-corrected chi connectivity index (χ2v) is 11.6. The lowest BCUT2D eigenvalue weighted by Gasteiger charge is -2.20. The second kappa shape index (κ2) is 13.8. The number of urea groups is 1. The van der Waals surface area contributed by atoms with Crippen LogP contribution in [0.1, 0.15) is 22.3 Å². The van der Waals surface area contributed by atoms with Gasteiger partial charge in [0.2, 0.25) is 5.91 Å². The highest BCUT2D eigenvalue weighted by atomic mass is 32.2. The van der Waals surface area contributed by atoms with Crippen molar-refractivity contribution in [1.29, 1.82) is 0 Å². The molecule has 6 rings (SSSR count). The molecular formula is C34H26F4N6O3S. The zero-order valence-electron chi connectivity index (χ0n) is 25.2. The van der Waals surface area contributed by atoms with Crippen LogP contribution in [0.3, 0.4) is 0 Å². The first-order valence-corrected chi connectivity index (χ1v) is 15.5. The van der Waals surface area contributed by atoms with Gasteiger partial charge in [-0.05, 0) is 66.6 Å². The molecule has 244 valence electrons. The van der Waals surface area contributed by atoms with E-state index in [1.807, 2.05) is 55.5 Å². The lowest BCUT2D eigenvalue weighted by Crippen LogP contribution is -2.31. The molecule has 0 bridgehead atoms. The maximum Gasteiger partial charge on any atom is 0.416 e. The fraction of sp³-hybridized carbons (Fsp3) is 0.147. The predicted octanol–water partition coefficient (Wildman–Crippen LogP) is 7.79. The van der Waals surface area contributed by atoms with Crippen LogP contribution in [0.5, 0.6) is 0 Å². The number of thioether (sulfide) groups is 1. The molecular weight excluding hydrogens is 648 g/mol. The lowest BCUT2D eigenvalue weighted by atomic mass is 10.1. The Bertz CT molecular complexity index is 2000. The number of aromatic nitrogens is 3. The number of ether oxygens (including phenoxy) is 1. The summed E-state index contributed by atoms with van der Waals surface area (Å²) in [6.07, 6.45) is -3.18. The van der Waals surface area contributed by atoms with Gasteiger partial charge in [-0.1, -0.05) is 54.2 Å². The maximum absolute atomic E-state index is 15.1. The van der Waals surface area contributed by atoms with Crippen LogP contribution in [0.25, 0.3) is 17.1 Å². The molecule has 0 atom stereocenters. The quantitative estimate of drug-likeness (QED) is 0.169. The molecule has 0 radical (unpaired) electrons. The number of nitrogens with zero attached hydrogens (tertiary/aromatic N) is 5. The maximum atomic E-state index is 15.1. The van der Waals surface area contributed by atoms with Gasteiger partial charge >= 0.3 is 12.2 Å².